The van der Waals surface area contributed by atoms with E-state index in [1.54, 1.807) is 11.1 Å². The third-order valence-electron chi connectivity index (χ3n) is 3.75. The minimum atomic E-state index is 0.825. The van der Waals surface area contributed by atoms with E-state index in [4.69, 9.17) is 5.73 Å². The predicted molar refractivity (Wildman–Crippen MR) is 69.6 cm³/mol. The van der Waals surface area contributed by atoms with E-state index in [9.17, 15) is 0 Å². The molecule has 0 saturated heterocycles. The van der Waals surface area contributed by atoms with Gasteiger partial charge in [0.15, 0.2) is 0 Å². The van der Waals surface area contributed by atoms with Crippen LogP contribution in [0.1, 0.15) is 55.6 Å². The van der Waals surface area contributed by atoms with Gasteiger partial charge in [-0.15, -0.1) is 0 Å². The van der Waals surface area contributed by atoms with Crippen molar-refractivity contribution in [2.75, 3.05) is 6.54 Å². The van der Waals surface area contributed by atoms with Gasteiger partial charge < -0.3 is 5.73 Å². The van der Waals surface area contributed by atoms with E-state index in [-0.39, 0.29) is 0 Å². The van der Waals surface area contributed by atoms with Gasteiger partial charge in [-0.2, -0.15) is 0 Å². The summed E-state index contributed by atoms with van der Waals surface area (Å²) < 4.78 is 0. The molecule has 0 unspecified atom stereocenters. The number of nitrogens with two attached hydrogens (primary N) is 1. The van der Waals surface area contributed by atoms with Crippen LogP contribution in [0.5, 0.6) is 0 Å². The van der Waals surface area contributed by atoms with Crippen LogP contribution in [0.4, 0.5) is 0 Å². The SMILES string of the molecule is NCCCCc1ccccc1C1CCCC1. The van der Waals surface area contributed by atoms with E-state index in [1.165, 1.54) is 38.5 Å². The first-order valence-electron chi connectivity index (χ1n) is 6.69. The second-order valence-corrected chi connectivity index (χ2v) is 4.93. The van der Waals surface area contributed by atoms with Gasteiger partial charge in [0.25, 0.3) is 0 Å². The van der Waals surface area contributed by atoms with Crippen molar-refractivity contribution in [3.05, 3.63) is 35.4 Å². The van der Waals surface area contributed by atoms with Crippen molar-refractivity contribution in [2.45, 2.75) is 50.9 Å². The highest BCUT2D eigenvalue weighted by atomic mass is 14.5. The molecule has 1 aromatic rings. The monoisotopic (exact) mass is 217 g/mol. The molecule has 0 heterocycles. The van der Waals surface area contributed by atoms with Gasteiger partial charge in [-0.3, -0.25) is 0 Å². The highest BCUT2D eigenvalue weighted by Crippen LogP contribution is 2.36. The Balaban J connectivity index is 2.04. The Kier molecular flexibility index (Phi) is 4.41. The zero-order valence-corrected chi connectivity index (χ0v) is 10.1. The molecular formula is C15H23N. The lowest BCUT2D eigenvalue weighted by Gasteiger charge is -2.15. The number of aryl methyl sites for hydroxylation is 1. The Hall–Kier alpha value is -0.820. The van der Waals surface area contributed by atoms with Crippen molar-refractivity contribution < 1.29 is 0 Å². The first-order valence-corrected chi connectivity index (χ1v) is 6.69. The van der Waals surface area contributed by atoms with Crippen molar-refractivity contribution in [1.82, 2.24) is 0 Å². The lowest BCUT2D eigenvalue weighted by atomic mass is 9.91. The third-order valence-corrected chi connectivity index (χ3v) is 3.75. The Labute approximate surface area is 99.0 Å². The van der Waals surface area contributed by atoms with E-state index >= 15 is 0 Å². The van der Waals surface area contributed by atoms with Gasteiger partial charge in [0.1, 0.15) is 0 Å². The highest BCUT2D eigenvalue weighted by Gasteiger charge is 2.18. The number of hydrogen-bond donors (Lipinski definition) is 1. The maximum absolute atomic E-state index is 5.55. The Morgan fingerprint density at radius 2 is 1.81 bits per heavy atom. The molecule has 1 aliphatic carbocycles. The van der Waals surface area contributed by atoms with Crippen LogP contribution in [0.15, 0.2) is 24.3 Å². The zero-order valence-electron chi connectivity index (χ0n) is 10.1. The minimum absolute atomic E-state index is 0.825. The van der Waals surface area contributed by atoms with E-state index < -0.39 is 0 Å². The zero-order chi connectivity index (χ0) is 11.2. The van der Waals surface area contributed by atoms with Crippen LogP contribution in [-0.2, 0) is 6.42 Å². The molecule has 2 rings (SSSR count). The molecule has 1 saturated carbocycles. The van der Waals surface area contributed by atoms with Crippen molar-refractivity contribution in [3.63, 3.8) is 0 Å². The fraction of sp³-hybridized carbons (Fsp3) is 0.600. The predicted octanol–water partition coefficient (Wildman–Crippen LogP) is 3.63. The Morgan fingerprint density at radius 3 is 2.56 bits per heavy atom. The maximum atomic E-state index is 5.55. The Morgan fingerprint density at radius 1 is 1.06 bits per heavy atom. The van der Waals surface area contributed by atoms with Crippen LogP contribution < -0.4 is 5.73 Å². The maximum Gasteiger partial charge on any atom is -0.00772 e. The van der Waals surface area contributed by atoms with Crippen molar-refractivity contribution in [1.29, 1.82) is 0 Å². The second-order valence-electron chi connectivity index (χ2n) is 4.93. The molecule has 0 bridgehead atoms. The van der Waals surface area contributed by atoms with E-state index in [0.29, 0.717) is 0 Å². The fourth-order valence-electron chi connectivity index (χ4n) is 2.86. The number of hydrogen-bond acceptors (Lipinski definition) is 1. The van der Waals surface area contributed by atoms with Gasteiger partial charge in [-0.25, -0.2) is 0 Å². The molecule has 2 N–H and O–H groups in total. The number of benzene rings is 1. The summed E-state index contributed by atoms with van der Waals surface area (Å²) in [5.41, 5.74) is 8.75. The molecule has 0 atom stereocenters. The second kappa shape index (κ2) is 6.05. The standard InChI is InChI=1S/C15H23N/c16-12-6-5-10-14-9-3-4-11-15(14)13-7-1-2-8-13/h3-4,9,11,13H,1-2,5-8,10,12,16H2. The molecule has 1 fully saturated rings. The van der Waals surface area contributed by atoms with Crippen LogP contribution in [0.2, 0.25) is 0 Å². The molecule has 88 valence electrons. The largest absolute Gasteiger partial charge is 0.330 e. The smallest absolute Gasteiger partial charge is 0.00772 e. The van der Waals surface area contributed by atoms with Crippen LogP contribution >= 0.6 is 0 Å². The van der Waals surface area contributed by atoms with Crippen LogP contribution in [0.3, 0.4) is 0 Å². The third kappa shape index (κ3) is 2.85. The minimum Gasteiger partial charge on any atom is -0.330 e. The Bertz CT molecular complexity index is 313. The van der Waals surface area contributed by atoms with E-state index in [2.05, 4.69) is 24.3 Å². The quantitative estimate of drug-likeness (QED) is 0.749. The molecular weight excluding hydrogens is 194 g/mol. The number of unbranched alkanes of at least 4 members (excludes halogenated alkanes) is 1. The van der Waals surface area contributed by atoms with Crippen LogP contribution in [-0.4, -0.2) is 6.54 Å². The number of rotatable bonds is 5. The summed E-state index contributed by atoms with van der Waals surface area (Å²) in [6.07, 6.45) is 9.23. The molecule has 1 heteroatoms. The first kappa shape index (κ1) is 11.7. The molecule has 1 aliphatic rings. The summed E-state index contributed by atoms with van der Waals surface area (Å²) in [4.78, 5) is 0. The summed E-state index contributed by atoms with van der Waals surface area (Å²) in [5.74, 6) is 0.842. The van der Waals surface area contributed by atoms with Gasteiger partial charge in [0.2, 0.25) is 0 Å². The van der Waals surface area contributed by atoms with Gasteiger partial charge in [0, 0.05) is 0 Å². The molecule has 0 spiro atoms. The summed E-state index contributed by atoms with van der Waals surface area (Å²) in [6.45, 7) is 0.825. The fourth-order valence-corrected chi connectivity index (χ4v) is 2.86. The summed E-state index contributed by atoms with van der Waals surface area (Å²) in [7, 11) is 0. The average Bonchev–Trinajstić information content (AvgIpc) is 2.83. The average molecular weight is 217 g/mol. The summed E-state index contributed by atoms with van der Waals surface area (Å²) in [5, 5.41) is 0. The summed E-state index contributed by atoms with van der Waals surface area (Å²) >= 11 is 0. The topological polar surface area (TPSA) is 26.0 Å². The van der Waals surface area contributed by atoms with E-state index in [0.717, 1.165) is 18.9 Å². The summed E-state index contributed by atoms with van der Waals surface area (Å²) in [6, 6.07) is 9.02. The lowest BCUT2D eigenvalue weighted by molar-refractivity contribution is 0.691. The van der Waals surface area contributed by atoms with Crippen LogP contribution in [0.25, 0.3) is 0 Å². The van der Waals surface area contributed by atoms with Crippen molar-refractivity contribution in [3.8, 4) is 0 Å². The molecule has 0 radical (unpaired) electrons. The first-order chi connectivity index (χ1) is 7.92. The molecule has 1 nitrogen and oxygen atoms in total. The molecule has 0 aromatic heterocycles. The van der Waals surface area contributed by atoms with Gasteiger partial charge in [-0.1, -0.05) is 37.1 Å². The van der Waals surface area contributed by atoms with Gasteiger partial charge in [0.05, 0.1) is 0 Å². The molecule has 1 aromatic carbocycles. The van der Waals surface area contributed by atoms with Crippen molar-refractivity contribution in [2.24, 2.45) is 5.73 Å². The normalized spacial score (nSPS) is 16.8. The van der Waals surface area contributed by atoms with Crippen molar-refractivity contribution >= 4 is 0 Å². The molecule has 0 aliphatic heterocycles. The van der Waals surface area contributed by atoms with Gasteiger partial charge >= 0.3 is 0 Å². The molecule has 16 heavy (non-hydrogen) atoms. The van der Waals surface area contributed by atoms with Gasteiger partial charge in [-0.05, 0) is 55.7 Å². The highest BCUT2D eigenvalue weighted by molar-refractivity contribution is 5.31. The van der Waals surface area contributed by atoms with E-state index in [1.807, 2.05) is 0 Å². The molecule has 0 amide bonds. The lowest BCUT2D eigenvalue weighted by Crippen LogP contribution is -2.02. The van der Waals surface area contributed by atoms with Crippen LogP contribution in [0, 0.1) is 0 Å².